The number of nitrogens with one attached hydrogen (secondary N) is 2. The molecule has 130 valence electrons. The Labute approximate surface area is 152 Å². The lowest BCUT2D eigenvalue weighted by atomic mass is 9.96. The van der Waals surface area contributed by atoms with Crippen molar-refractivity contribution < 1.29 is 9.59 Å². The van der Waals surface area contributed by atoms with Gasteiger partial charge >= 0.3 is 0 Å². The van der Waals surface area contributed by atoms with Gasteiger partial charge in [-0.2, -0.15) is 0 Å². The van der Waals surface area contributed by atoms with Gasteiger partial charge in [0.2, 0.25) is 5.91 Å². The number of carbonyl (C=O) groups is 2. The Balaban J connectivity index is 1.96. The molecular formula is C20H22N2O2S. The second kappa shape index (κ2) is 8.00. The van der Waals surface area contributed by atoms with Gasteiger partial charge in [0, 0.05) is 11.0 Å². The standard InChI is InChI=1S/C20H22N2O2S/c1-14-13-16(22-19(24)20(2,3)4)25-17(14)18(23)21-12-8-11-15-9-6-5-7-10-15/h5-7,9-10,13H,12H2,1-4H3,(H,21,23)(H,22,24). The van der Waals surface area contributed by atoms with E-state index in [9.17, 15) is 9.59 Å². The van der Waals surface area contributed by atoms with Crippen LogP contribution in [0.3, 0.4) is 0 Å². The van der Waals surface area contributed by atoms with E-state index in [1.165, 1.54) is 11.3 Å². The van der Waals surface area contributed by atoms with Crippen LogP contribution in [0.2, 0.25) is 0 Å². The number of amides is 2. The molecule has 4 nitrogen and oxygen atoms in total. The first-order valence-electron chi connectivity index (χ1n) is 8.01. The molecule has 0 radical (unpaired) electrons. The third-order valence-electron chi connectivity index (χ3n) is 3.39. The molecule has 5 heteroatoms. The van der Waals surface area contributed by atoms with Crippen LogP contribution in [0, 0.1) is 24.2 Å². The largest absolute Gasteiger partial charge is 0.340 e. The van der Waals surface area contributed by atoms with Crippen LogP contribution >= 0.6 is 11.3 Å². The Hall–Kier alpha value is -2.58. The second-order valence-corrected chi connectivity index (χ2v) is 7.73. The van der Waals surface area contributed by atoms with E-state index < -0.39 is 5.41 Å². The van der Waals surface area contributed by atoms with Crippen molar-refractivity contribution in [3.63, 3.8) is 0 Å². The highest BCUT2D eigenvalue weighted by Gasteiger charge is 2.22. The third kappa shape index (κ3) is 5.47. The minimum absolute atomic E-state index is 0.0746. The van der Waals surface area contributed by atoms with Crippen LogP contribution in [0.4, 0.5) is 5.00 Å². The lowest BCUT2D eigenvalue weighted by molar-refractivity contribution is -0.123. The number of thiophene rings is 1. The lowest BCUT2D eigenvalue weighted by Gasteiger charge is -2.16. The number of anilines is 1. The Morgan fingerprint density at radius 3 is 2.48 bits per heavy atom. The fraction of sp³-hybridized carbons (Fsp3) is 0.300. The van der Waals surface area contributed by atoms with E-state index >= 15 is 0 Å². The second-order valence-electron chi connectivity index (χ2n) is 6.68. The van der Waals surface area contributed by atoms with Crippen molar-refractivity contribution in [2.75, 3.05) is 11.9 Å². The maximum atomic E-state index is 12.3. The summed E-state index contributed by atoms with van der Waals surface area (Å²) in [6.45, 7) is 7.67. The minimum Gasteiger partial charge on any atom is -0.340 e. The topological polar surface area (TPSA) is 58.2 Å². The van der Waals surface area contributed by atoms with Gasteiger partial charge in [-0.15, -0.1) is 11.3 Å². The first-order valence-corrected chi connectivity index (χ1v) is 8.83. The predicted octanol–water partition coefficient (Wildman–Crippen LogP) is 3.82. The van der Waals surface area contributed by atoms with Gasteiger partial charge in [-0.05, 0) is 30.7 Å². The van der Waals surface area contributed by atoms with E-state index in [2.05, 4.69) is 22.5 Å². The molecule has 2 amide bonds. The van der Waals surface area contributed by atoms with E-state index in [0.717, 1.165) is 11.1 Å². The fourth-order valence-corrected chi connectivity index (χ4v) is 2.93. The molecule has 0 bridgehead atoms. The van der Waals surface area contributed by atoms with Crippen molar-refractivity contribution >= 4 is 28.2 Å². The number of hydrogen-bond donors (Lipinski definition) is 2. The third-order valence-corrected chi connectivity index (χ3v) is 4.54. The summed E-state index contributed by atoms with van der Waals surface area (Å²) in [4.78, 5) is 24.9. The average molecular weight is 354 g/mol. The van der Waals surface area contributed by atoms with Crippen LogP contribution in [-0.4, -0.2) is 18.4 Å². The Morgan fingerprint density at radius 1 is 1.16 bits per heavy atom. The first-order chi connectivity index (χ1) is 11.8. The van der Waals surface area contributed by atoms with Crippen molar-refractivity contribution in [1.29, 1.82) is 0 Å². The molecule has 0 aliphatic heterocycles. The lowest BCUT2D eigenvalue weighted by Crippen LogP contribution is -2.27. The van der Waals surface area contributed by atoms with E-state index in [1.807, 2.05) is 64.1 Å². The van der Waals surface area contributed by atoms with Gasteiger partial charge in [0.25, 0.3) is 5.91 Å². The highest BCUT2D eigenvalue weighted by atomic mass is 32.1. The molecule has 0 spiro atoms. The van der Waals surface area contributed by atoms with Gasteiger partial charge in [-0.3, -0.25) is 9.59 Å². The molecule has 0 atom stereocenters. The molecule has 2 rings (SSSR count). The molecule has 1 aromatic carbocycles. The van der Waals surface area contributed by atoms with Crippen LogP contribution in [-0.2, 0) is 4.79 Å². The quantitative estimate of drug-likeness (QED) is 0.823. The summed E-state index contributed by atoms with van der Waals surface area (Å²) in [7, 11) is 0. The zero-order valence-corrected chi connectivity index (χ0v) is 15.7. The van der Waals surface area contributed by atoms with Gasteiger partial charge in [-0.1, -0.05) is 50.8 Å². The number of hydrogen-bond acceptors (Lipinski definition) is 3. The molecule has 0 saturated carbocycles. The maximum absolute atomic E-state index is 12.3. The van der Waals surface area contributed by atoms with E-state index in [0.29, 0.717) is 9.88 Å². The number of rotatable bonds is 3. The van der Waals surface area contributed by atoms with Crippen LogP contribution in [0.5, 0.6) is 0 Å². The molecule has 0 fully saturated rings. The van der Waals surface area contributed by atoms with Gasteiger partial charge in [0.05, 0.1) is 16.4 Å². The summed E-state index contributed by atoms with van der Waals surface area (Å²) < 4.78 is 0. The van der Waals surface area contributed by atoms with Crippen molar-refractivity contribution in [2.45, 2.75) is 27.7 Å². The van der Waals surface area contributed by atoms with Crippen molar-refractivity contribution in [1.82, 2.24) is 5.32 Å². The predicted molar refractivity (Wildman–Crippen MR) is 103 cm³/mol. The smallest absolute Gasteiger partial charge is 0.262 e. The van der Waals surface area contributed by atoms with E-state index in [-0.39, 0.29) is 18.4 Å². The van der Waals surface area contributed by atoms with Crippen LogP contribution < -0.4 is 10.6 Å². The molecular weight excluding hydrogens is 332 g/mol. The zero-order chi connectivity index (χ0) is 18.4. The maximum Gasteiger partial charge on any atom is 0.262 e. The van der Waals surface area contributed by atoms with Crippen LogP contribution in [0.25, 0.3) is 0 Å². The zero-order valence-electron chi connectivity index (χ0n) is 14.9. The van der Waals surface area contributed by atoms with Gasteiger partial charge < -0.3 is 10.6 Å². The average Bonchev–Trinajstić information content (AvgIpc) is 2.92. The number of benzene rings is 1. The molecule has 1 aromatic heterocycles. The first kappa shape index (κ1) is 18.8. The minimum atomic E-state index is -0.479. The number of carbonyl (C=O) groups excluding carboxylic acids is 2. The molecule has 0 aliphatic rings. The van der Waals surface area contributed by atoms with Crippen molar-refractivity contribution in [2.24, 2.45) is 5.41 Å². The Kier molecular flexibility index (Phi) is 6.00. The Bertz CT molecular complexity index is 821. The molecule has 0 saturated heterocycles. The summed E-state index contributed by atoms with van der Waals surface area (Å²) in [5.41, 5.74) is 1.27. The van der Waals surface area contributed by atoms with Crippen LogP contribution in [0.15, 0.2) is 36.4 Å². The van der Waals surface area contributed by atoms with Gasteiger partial charge in [0.15, 0.2) is 0 Å². The molecule has 2 N–H and O–H groups in total. The van der Waals surface area contributed by atoms with Gasteiger partial charge in [-0.25, -0.2) is 0 Å². The van der Waals surface area contributed by atoms with E-state index in [1.54, 1.807) is 0 Å². The highest BCUT2D eigenvalue weighted by molar-refractivity contribution is 7.18. The fourth-order valence-electron chi connectivity index (χ4n) is 1.94. The van der Waals surface area contributed by atoms with E-state index in [4.69, 9.17) is 0 Å². The normalized spacial score (nSPS) is 10.6. The molecule has 25 heavy (non-hydrogen) atoms. The highest BCUT2D eigenvalue weighted by Crippen LogP contribution is 2.28. The monoisotopic (exact) mass is 354 g/mol. The van der Waals surface area contributed by atoms with Crippen LogP contribution in [0.1, 0.15) is 41.6 Å². The number of aryl methyl sites for hydroxylation is 1. The summed E-state index contributed by atoms with van der Waals surface area (Å²) in [5, 5.41) is 6.33. The summed E-state index contributed by atoms with van der Waals surface area (Å²) >= 11 is 1.27. The molecule has 0 aliphatic carbocycles. The van der Waals surface area contributed by atoms with Gasteiger partial charge in [0.1, 0.15) is 0 Å². The molecule has 0 unspecified atom stereocenters. The molecule has 2 aromatic rings. The van der Waals surface area contributed by atoms with Crippen molar-refractivity contribution in [3.05, 3.63) is 52.4 Å². The van der Waals surface area contributed by atoms with Crippen molar-refractivity contribution in [3.8, 4) is 11.8 Å². The summed E-state index contributed by atoms with van der Waals surface area (Å²) in [6.07, 6.45) is 0. The Morgan fingerprint density at radius 2 is 1.84 bits per heavy atom. The SMILES string of the molecule is Cc1cc(NC(=O)C(C)(C)C)sc1C(=O)NCC#Cc1ccccc1. The summed E-state index contributed by atoms with van der Waals surface area (Å²) in [6, 6.07) is 11.4. The summed E-state index contributed by atoms with van der Waals surface area (Å²) in [5.74, 6) is 5.68. The molecule has 1 heterocycles.